The number of nitrogens with one attached hydrogen (secondary N) is 1. The number of carbonyl (C=O) groups excluding carboxylic acids is 1. The van der Waals surface area contributed by atoms with Crippen molar-refractivity contribution >= 4 is 11.6 Å². The molecule has 2 unspecified atom stereocenters. The van der Waals surface area contributed by atoms with Crippen LogP contribution in [0.1, 0.15) is 41.6 Å². The van der Waals surface area contributed by atoms with Crippen molar-refractivity contribution in [2.24, 2.45) is 0 Å². The number of amides is 1. The number of anilines is 1. The van der Waals surface area contributed by atoms with Crippen molar-refractivity contribution < 1.29 is 9.90 Å². The summed E-state index contributed by atoms with van der Waals surface area (Å²) in [4.78, 5) is 12.1. The summed E-state index contributed by atoms with van der Waals surface area (Å²) >= 11 is 0. The second-order valence-electron chi connectivity index (χ2n) is 5.00. The minimum atomic E-state index is -0.419. The molecule has 18 heavy (non-hydrogen) atoms. The van der Waals surface area contributed by atoms with Crippen LogP contribution in [0.25, 0.3) is 0 Å². The van der Waals surface area contributed by atoms with E-state index >= 15 is 0 Å². The third kappa shape index (κ3) is 2.82. The summed E-state index contributed by atoms with van der Waals surface area (Å²) in [6.07, 6.45) is 3.29. The van der Waals surface area contributed by atoms with Crippen molar-refractivity contribution in [3.8, 4) is 0 Å². The number of carbonyl (C=O) groups is 1. The Balaban J connectivity index is 2.04. The molecule has 1 amide bonds. The molecular weight excluding hydrogens is 228 g/mol. The number of aliphatic hydroxyl groups is 1. The molecule has 1 aliphatic rings. The summed E-state index contributed by atoms with van der Waals surface area (Å²) < 4.78 is 0. The van der Waals surface area contributed by atoms with Crippen molar-refractivity contribution in [3.63, 3.8) is 0 Å². The minimum absolute atomic E-state index is 0.121. The number of hydrogen-bond acceptors (Lipinski definition) is 3. The zero-order valence-corrected chi connectivity index (χ0v) is 10.6. The fourth-order valence-electron chi connectivity index (χ4n) is 2.35. The molecule has 1 aromatic carbocycles. The fraction of sp³-hybridized carbons (Fsp3) is 0.500. The smallest absolute Gasteiger partial charge is 0.251 e. The third-order valence-corrected chi connectivity index (χ3v) is 3.58. The average Bonchev–Trinajstić information content (AvgIpc) is 2.35. The molecular formula is C14H20N2O2. The van der Waals surface area contributed by atoms with Gasteiger partial charge < -0.3 is 16.2 Å². The van der Waals surface area contributed by atoms with Crippen LogP contribution in [0.3, 0.4) is 0 Å². The van der Waals surface area contributed by atoms with Crippen LogP contribution in [0.4, 0.5) is 5.69 Å². The predicted octanol–water partition coefficient (Wildman–Crippen LogP) is 1.61. The van der Waals surface area contributed by atoms with Gasteiger partial charge in [0.05, 0.1) is 12.1 Å². The Morgan fingerprint density at radius 2 is 2.11 bits per heavy atom. The summed E-state index contributed by atoms with van der Waals surface area (Å²) in [5.74, 6) is -0.135. The molecule has 0 radical (unpaired) electrons. The maximum Gasteiger partial charge on any atom is 0.251 e. The van der Waals surface area contributed by atoms with E-state index in [0.29, 0.717) is 11.3 Å². The van der Waals surface area contributed by atoms with Crippen LogP contribution in [0, 0.1) is 6.92 Å². The number of benzene rings is 1. The van der Waals surface area contributed by atoms with Gasteiger partial charge in [-0.1, -0.05) is 12.8 Å². The molecule has 0 bridgehead atoms. The molecule has 1 aliphatic carbocycles. The van der Waals surface area contributed by atoms with Gasteiger partial charge in [-0.3, -0.25) is 4.79 Å². The molecule has 1 aromatic rings. The van der Waals surface area contributed by atoms with Gasteiger partial charge in [-0.25, -0.2) is 0 Å². The van der Waals surface area contributed by atoms with E-state index in [9.17, 15) is 9.90 Å². The van der Waals surface area contributed by atoms with Crippen LogP contribution < -0.4 is 11.1 Å². The van der Waals surface area contributed by atoms with Gasteiger partial charge in [0.2, 0.25) is 0 Å². The molecule has 1 saturated carbocycles. The van der Waals surface area contributed by atoms with Crippen LogP contribution in [-0.2, 0) is 0 Å². The average molecular weight is 248 g/mol. The second-order valence-corrected chi connectivity index (χ2v) is 5.00. The third-order valence-electron chi connectivity index (χ3n) is 3.58. The van der Waals surface area contributed by atoms with Crippen molar-refractivity contribution in [2.75, 3.05) is 5.73 Å². The molecule has 98 valence electrons. The van der Waals surface area contributed by atoms with Crippen molar-refractivity contribution in [3.05, 3.63) is 29.3 Å². The van der Waals surface area contributed by atoms with E-state index in [1.165, 1.54) is 0 Å². The highest BCUT2D eigenvalue weighted by Gasteiger charge is 2.24. The largest absolute Gasteiger partial charge is 0.399 e. The quantitative estimate of drug-likeness (QED) is 0.696. The molecule has 0 aliphatic heterocycles. The zero-order chi connectivity index (χ0) is 13.1. The highest BCUT2D eigenvalue weighted by Crippen LogP contribution is 2.19. The summed E-state index contributed by atoms with van der Waals surface area (Å²) in [6, 6.07) is 5.11. The Kier molecular flexibility index (Phi) is 3.87. The van der Waals surface area contributed by atoms with Crippen LogP contribution >= 0.6 is 0 Å². The van der Waals surface area contributed by atoms with E-state index in [1.54, 1.807) is 18.2 Å². The molecule has 4 heteroatoms. The van der Waals surface area contributed by atoms with Crippen LogP contribution in [-0.4, -0.2) is 23.2 Å². The van der Waals surface area contributed by atoms with Gasteiger partial charge >= 0.3 is 0 Å². The Labute approximate surface area is 107 Å². The normalized spacial score (nSPS) is 23.7. The lowest BCUT2D eigenvalue weighted by Gasteiger charge is -2.28. The molecule has 2 atom stereocenters. The Bertz CT molecular complexity index is 445. The maximum absolute atomic E-state index is 12.1. The first-order chi connectivity index (χ1) is 8.58. The molecule has 4 N–H and O–H groups in total. The van der Waals surface area contributed by atoms with Crippen LogP contribution in [0.5, 0.6) is 0 Å². The number of hydrogen-bond donors (Lipinski definition) is 3. The standard InChI is InChI=1S/C14H20N2O2/c1-9-8-10(6-7-11(9)15)14(18)16-12-4-2-3-5-13(12)17/h6-8,12-13,17H,2-5,15H2,1H3,(H,16,18). The lowest BCUT2D eigenvalue weighted by atomic mass is 9.92. The number of aryl methyl sites for hydroxylation is 1. The number of aliphatic hydroxyl groups excluding tert-OH is 1. The Morgan fingerprint density at radius 1 is 1.39 bits per heavy atom. The Hall–Kier alpha value is -1.55. The molecule has 4 nitrogen and oxygen atoms in total. The highest BCUT2D eigenvalue weighted by atomic mass is 16.3. The number of nitrogens with two attached hydrogens (primary N) is 1. The lowest BCUT2D eigenvalue weighted by molar-refractivity contribution is 0.0717. The number of rotatable bonds is 2. The van der Waals surface area contributed by atoms with Crippen molar-refractivity contribution in [1.82, 2.24) is 5.32 Å². The predicted molar refractivity (Wildman–Crippen MR) is 71.3 cm³/mol. The molecule has 0 heterocycles. The fourth-order valence-corrected chi connectivity index (χ4v) is 2.35. The molecule has 0 saturated heterocycles. The van der Waals surface area contributed by atoms with Gasteiger partial charge in [0.15, 0.2) is 0 Å². The Morgan fingerprint density at radius 3 is 2.78 bits per heavy atom. The monoisotopic (exact) mass is 248 g/mol. The van der Waals surface area contributed by atoms with E-state index in [4.69, 9.17) is 5.73 Å². The highest BCUT2D eigenvalue weighted by molar-refractivity contribution is 5.95. The summed E-state index contributed by atoms with van der Waals surface area (Å²) in [5.41, 5.74) is 7.90. The first-order valence-corrected chi connectivity index (χ1v) is 6.43. The van der Waals surface area contributed by atoms with Gasteiger partial charge in [-0.05, 0) is 43.5 Å². The van der Waals surface area contributed by atoms with Crippen molar-refractivity contribution in [1.29, 1.82) is 0 Å². The van der Waals surface area contributed by atoms with E-state index in [1.807, 2.05) is 6.92 Å². The van der Waals surface area contributed by atoms with Gasteiger partial charge in [-0.15, -0.1) is 0 Å². The SMILES string of the molecule is Cc1cc(C(=O)NC2CCCCC2O)ccc1N. The molecule has 0 aromatic heterocycles. The molecule has 0 spiro atoms. The first-order valence-electron chi connectivity index (χ1n) is 6.43. The van der Waals surface area contributed by atoms with Gasteiger partial charge in [0.1, 0.15) is 0 Å². The number of nitrogen functional groups attached to an aromatic ring is 1. The first kappa shape index (κ1) is 12.9. The van der Waals surface area contributed by atoms with E-state index in [0.717, 1.165) is 31.2 Å². The van der Waals surface area contributed by atoms with E-state index in [-0.39, 0.29) is 11.9 Å². The van der Waals surface area contributed by atoms with Crippen LogP contribution in [0.15, 0.2) is 18.2 Å². The minimum Gasteiger partial charge on any atom is -0.399 e. The van der Waals surface area contributed by atoms with Gasteiger partial charge in [-0.2, -0.15) is 0 Å². The maximum atomic E-state index is 12.1. The lowest BCUT2D eigenvalue weighted by Crippen LogP contribution is -2.45. The summed E-state index contributed by atoms with van der Waals surface area (Å²) in [6.45, 7) is 1.88. The van der Waals surface area contributed by atoms with Crippen LogP contribution in [0.2, 0.25) is 0 Å². The summed E-state index contributed by atoms with van der Waals surface area (Å²) in [5, 5.41) is 12.7. The second kappa shape index (κ2) is 5.40. The molecule has 2 rings (SSSR count). The molecule has 1 fully saturated rings. The van der Waals surface area contributed by atoms with E-state index in [2.05, 4.69) is 5.32 Å². The van der Waals surface area contributed by atoms with Crippen molar-refractivity contribution in [2.45, 2.75) is 44.8 Å². The zero-order valence-electron chi connectivity index (χ0n) is 10.6. The van der Waals surface area contributed by atoms with Gasteiger partial charge in [0, 0.05) is 11.3 Å². The van der Waals surface area contributed by atoms with E-state index < -0.39 is 6.10 Å². The van der Waals surface area contributed by atoms with Gasteiger partial charge in [0.25, 0.3) is 5.91 Å². The summed E-state index contributed by atoms with van der Waals surface area (Å²) in [7, 11) is 0. The topological polar surface area (TPSA) is 75.3 Å².